The standard InChI is InChI=1S/C18H20N6/c1-2-5-14(6-3-1)11-16-19-9-8-17(22-16)24-10-4-7-15(12-24)18-20-13-21-23-18/h1-3,5-6,8-9,13,15H,4,7,10-12H2,(H,20,21,23). The maximum absolute atomic E-state index is 4.78. The van der Waals surface area contributed by atoms with Crippen molar-refractivity contribution in [1.29, 1.82) is 0 Å². The van der Waals surface area contributed by atoms with E-state index in [1.54, 1.807) is 6.33 Å². The Kier molecular flexibility index (Phi) is 4.18. The fourth-order valence-corrected chi connectivity index (χ4v) is 3.25. The lowest BCUT2D eigenvalue weighted by Crippen LogP contribution is -2.35. The zero-order valence-corrected chi connectivity index (χ0v) is 13.5. The average molecular weight is 320 g/mol. The Morgan fingerprint density at radius 2 is 2.04 bits per heavy atom. The lowest BCUT2D eigenvalue weighted by molar-refractivity contribution is 0.489. The summed E-state index contributed by atoms with van der Waals surface area (Å²) in [6.45, 7) is 1.93. The third kappa shape index (κ3) is 3.27. The second-order valence-corrected chi connectivity index (χ2v) is 6.15. The Hall–Kier alpha value is -2.76. The Labute approximate surface area is 141 Å². The molecule has 0 spiro atoms. The first-order valence-electron chi connectivity index (χ1n) is 8.34. The molecule has 0 amide bonds. The molecule has 0 saturated carbocycles. The molecule has 1 atom stereocenters. The van der Waals surface area contributed by atoms with Gasteiger partial charge in [-0.25, -0.2) is 15.0 Å². The van der Waals surface area contributed by atoms with Gasteiger partial charge >= 0.3 is 0 Å². The summed E-state index contributed by atoms with van der Waals surface area (Å²) in [7, 11) is 0. The minimum atomic E-state index is 0.383. The summed E-state index contributed by atoms with van der Waals surface area (Å²) >= 11 is 0. The smallest absolute Gasteiger partial charge is 0.137 e. The van der Waals surface area contributed by atoms with Crippen molar-refractivity contribution in [3.63, 3.8) is 0 Å². The monoisotopic (exact) mass is 320 g/mol. The number of rotatable bonds is 4. The van der Waals surface area contributed by atoms with Gasteiger partial charge in [-0.3, -0.25) is 5.10 Å². The predicted molar refractivity (Wildman–Crippen MR) is 91.9 cm³/mol. The number of hydrogen-bond donors (Lipinski definition) is 1. The molecule has 24 heavy (non-hydrogen) atoms. The van der Waals surface area contributed by atoms with E-state index in [9.17, 15) is 0 Å². The molecule has 1 aliphatic rings. The molecule has 1 saturated heterocycles. The molecule has 1 aliphatic heterocycles. The van der Waals surface area contributed by atoms with Crippen LogP contribution in [0.4, 0.5) is 5.82 Å². The number of aromatic amines is 1. The zero-order chi connectivity index (χ0) is 16.2. The molecule has 0 radical (unpaired) electrons. The summed E-state index contributed by atoms with van der Waals surface area (Å²) in [4.78, 5) is 15.8. The van der Waals surface area contributed by atoms with Gasteiger partial charge in [0.25, 0.3) is 0 Å². The summed E-state index contributed by atoms with van der Waals surface area (Å²) < 4.78 is 0. The molecule has 4 rings (SSSR count). The van der Waals surface area contributed by atoms with Crippen LogP contribution in [0.3, 0.4) is 0 Å². The van der Waals surface area contributed by atoms with E-state index in [-0.39, 0.29) is 0 Å². The fourth-order valence-electron chi connectivity index (χ4n) is 3.25. The van der Waals surface area contributed by atoms with Crippen LogP contribution >= 0.6 is 0 Å². The minimum Gasteiger partial charge on any atom is -0.356 e. The van der Waals surface area contributed by atoms with Crippen LogP contribution in [-0.4, -0.2) is 38.2 Å². The second-order valence-electron chi connectivity index (χ2n) is 6.15. The van der Waals surface area contributed by atoms with Crippen molar-refractivity contribution in [2.24, 2.45) is 0 Å². The van der Waals surface area contributed by atoms with Crippen molar-refractivity contribution in [2.75, 3.05) is 18.0 Å². The van der Waals surface area contributed by atoms with Gasteiger partial charge in [-0.05, 0) is 24.5 Å². The molecule has 0 aliphatic carbocycles. The molecule has 1 unspecified atom stereocenters. The first kappa shape index (κ1) is 14.8. The van der Waals surface area contributed by atoms with Crippen LogP contribution in [0.25, 0.3) is 0 Å². The molecule has 3 heterocycles. The number of anilines is 1. The number of aromatic nitrogens is 5. The van der Waals surface area contributed by atoms with Gasteiger partial charge in [0.2, 0.25) is 0 Å². The summed E-state index contributed by atoms with van der Waals surface area (Å²) in [5.74, 6) is 3.22. The summed E-state index contributed by atoms with van der Waals surface area (Å²) in [6, 6.07) is 12.3. The third-order valence-corrected chi connectivity index (χ3v) is 4.46. The first-order valence-corrected chi connectivity index (χ1v) is 8.34. The number of H-pyrrole nitrogens is 1. The van der Waals surface area contributed by atoms with Gasteiger partial charge in [0.1, 0.15) is 23.8 Å². The summed E-state index contributed by atoms with van der Waals surface area (Å²) in [5, 5.41) is 6.98. The SMILES string of the molecule is c1ccc(Cc2nccc(N3CCCC(c4ncn[nH]4)C3)n2)cc1. The normalized spacial score (nSPS) is 17.8. The minimum absolute atomic E-state index is 0.383. The van der Waals surface area contributed by atoms with Crippen LogP contribution in [0.2, 0.25) is 0 Å². The summed E-state index contributed by atoms with van der Waals surface area (Å²) in [5.41, 5.74) is 1.23. The van der Waals surface area contributed by atoms with E-state index < -0.39 is 0 Å². The quantitative estimate of drug-likeness (QED) is 0.800. The highest BCUT2D eigenvalue weighted by Crippen LogP contribution is 2.27. The summed E-state index contributed by atoms with van der Waals surface area (Å²) in [6.07, 6.45) is 6.46. The lowest BCUT2D eigenvalue weighted by Gasteiger charge is -2.32. The van der Waals surface area contributed by atoms with Gasteiger partial charge < -0.3 is 4.90 Å². The van der Waals surface area contributed by atoms with Crippen LogP contribution in [0, 0.1) is 0 Å². The molecule has 3 aromatic rings. The van der Waals surface area contributed by atoms with E-state index in [4.69, 9.17) is 4.98 Å². The number of hydrogen-bond acceptors (Lipinski definition) is 5. The molecular weight excluding hydrogens is 300 g/mol. The Morgan fingerprint density at radius 1 is 1.12 bits per heavy atom. The largest absolute Gasteiger partial charge is 0.356 e. The number of nitrogens with zero attached hydrogens (tertiary/aromatic N) is 5. The predicted octanol–water partition coefficient (Wildman–Crippen LogP) is 2.57. The maximum Gasteiger partial charge on any atom is 0.137 e. The molecule has 2 aromatic heterocycles. The maximum atomic E-state index is 4.78. The highest BCUT2D eigenvalue weighted by atomic mass is 15.2. The third-order valence-electron chi connectivity index (χ3n) is 4.46. The van der Waals surface area contributed by atoms with Gasteiger partial charge in [-0.15, -0.1) is 0 Å². The van der Waals surface area contributed by atoms with Gasteiger partial charge in [0, 0.05) is 31.6 Å². The lowest BCUT2D eigenvalue weighted by atomic mass is 9.97. The van der Waals surface area contributed by atoms with Crippen molar-refractivity contribution in [1.82, 2.24) is 25.1 Å². The topological polar surface area (TPSA) is 70.6 Å². The molecule has 0 bridgehead atoms. The molecule has 1 N–H and O–H groups in total. The molecular formula is C18H20N6. The fraction of sp³-hybridized carbons (Fsp3) is 0.333. The Balaban J connectivity index is 1.50. The van der Waals surface area contributed by atoms with E-state index in [2.05, 4.69) is 37.2 Å². The van der Waals surface area contributed by atoms with Crippen molar-refractivity contribution in [3.8, 4) is 0 Å². The molecule has 1 aromatic carbocycles. The highest BCUT2D eigenvalue weighted by Gasteiger charge is 2.24. The molecule has 6 nitrogen and oxygen atoms in total. The van der Waals surface area contributed by atoms with Crippen LogP contribution < -0.4 is 4.90 Å². The highest BCUT2D eigenvalue weighted by molar-refractivity contribution is 5.39. The van der Waals surface area contributed by atoms with Crippen molar-refractivity contribution < 1.29 is 0 Å². The van der Waals surface area contributed by atoms with Crippen molar-refractivity contribution in [3.05, 3.63) is 66.1 Å². The van der Waals surface area contributed by atoms with Crippen molar-refractivity contribution >= 4 is 5.82 Å². The van der Waals surface area contributed by atoms with Crippen LogP contribution in [0.15, 0.2) is 48.9 Å². The van der Waals surface area contributed by atoms with Gasteiger partial charge in [0.15, 0.2) is 0 Å². The van der Waals surface area contributed by atoms with Crippen molar-refractivity contribution in [2.45, 2.75) is 25.2 Å². The van der Waals surface area contributed by atoms with Crippen LogP contribution in [0.5, 0.6) is 0 Å². The second kappa shape index (κ2) is 6.78. The van der Waals surface area contributed by atoms with E-state index in [0.29, 0.717) is 5.92 Å². The molecule has 122 valence electrons. The number of benzene rings is 1. The molecule has 6 heteroatoms. The van der Waals surface area contributed by atoms with E-state index in [1.165, 1.54) is 5.56 Å². The number of piperidine rings is 1. The Morgan fingerprint density at radius 3 is 2.88 bits per heavy atom. The van der Waals surface area contributed by atoms with E-state index in [0.717, 1.165) is 49.8 Å². The number of nitrogens with one attached hydrogen (secondary N) is 1. The first-order chi connectivity index (χ1) is 11.9. The van der Waals surface area contributed by atoms with E-state index in [1.807, 2.05) is 30.5 Å². The van der Waals surface area contributed by atoms with Gasteiger partial charge in [0.05, 0.1) is 0 Å². The van der Waals surface area contributed by atoms with E-state index >= 15 is 0 Å². The van der Waals surface area contributed by atoms with Crippen LogP contribution in [-0.2, 0) is 6.42 Å². The van der Waals surface area contributed by atoms with Gasteiger partial charge in [-0.2, -0.15) is 5.10 Å². The molecule has 1 fully saturated rings. The van der Waals surface area contributed by atoms with Crippen LogP contribution in [0.1, 0.15) is 36.0 Å². The average Bonchev–Trinajstić information content (AvgIpc) is 3.18. The zero-order valence-electron chi connectivity index (χ0n) is 13.5. The Bertz CT molecular complexity index is 771. The van der Waals surface area contributed by atoms with Gasteiger partial charge in [-0.1, -0.05) is 30.3 Å².